The Hall–Kier alpha value is -0.930. The third-order valence-electron chi connectivity index (χ3n) is 2.09. The zero-order chi connectivity index (χ0) is 9.97. The van der Waals surface area contributed by atoms with E-state index < -0.39 is 0 Å². The third-order valence-corrected chi connectivity index (χ3v) is 3.15. The van der Waals surface area contributed by atoms with Gasteiger partial charge in [0.2, 0.25) is 0 Å². The first-order valence-corrected chi connectivity index (χ1v) is 5.43. The number of hydrogen-bond acceptors (Lipinski definition) is 2. The molecule has 0 spiro atoms. The fraction of sp³-hybridized carbons (Fsp3) is 0.273. The number of fused-ring (bicyclic) bond motifs is 1. The Balaban J connectivity index is 2.42. The molecule has 0 radical (unpaired) electrons. The lowest BCUT2D eigenvalue weighted by Crippen LogP contribution is -1.89. The largest absolute Gasteiger partial charge is 0.377 e. The third kappa shape index (κ3) is 1.65. The van der Waals surface area contributed by atoms with Crippen LogP contribution in [0.25, 0.3) is 10.1 Å². The maximum atomic E-state index is 13.3. The second-order valence-corrected chi connectivity index (χ2v) is 3.89. The molecule has 0 aliphatic carbocycles. The molecule has 1 aromatic heterocycles. The molecular formula is C11H11FOS. The smallest absolute Gasteiger partial charge is 0.140 e. The van der Waals surface area contributed by atoms with E-state index in [1.54, 1.807) is 6.07 Å². The van der Waals surface area contributed by atoms with Crippen LogP contribution in [0, 0.1) is 5.82 Å². The van der Waals surface area contributed by atoms with Crippen LogP contribution in [0.1, 0.15) is 12.5 Å². The Kier molecular flexibility index (Phi) is 2.79. The van der Waals surface area contributed by atoms with Crippen LogP contribution in [0.15, 0.2) is 23.6 Å². The summed E-state index contributed by atoms with van der Waals surface area (Å²) in [5.41, 5.74) is 1.08. The van der Waals surface area contributed by atoms with Crippen LogP contribution in [0.2, 0.25) is 0 Å². The van der Waals surface area contributed by atoms with Gasteiger partial charge in [-0.1, -0.05) is 12.1 Å². The molecule has 0 saturated carbocycles. The highest BCUT2D eigenvalue weighted by atomic mass is 32.1. The summed E-state index contributed by atoms with van der Waals surface area (Å²) in [6.45, 7) is 3.21. The molecule has 2 rings (SSSR count). The molecule has 0 fully saturated rings. The first-order valence-electron chi connectivity index (χ1n) is 4.55. The zero-order valence-corrected chi connectivity index (χ0v) is 8.73. The summed E-state index contributed by atoms with van der Waals surface area (Å²) in [6, 6.07) is 5.16. The molecule has 1 heterocycles. The predicted molar refractivity (Wildman–Crippen MR) is 57.1 cm³/mol. The molecule has 0 N–H and O–H groups in total. The number of halogens is 1. The van der Waals surface area contributed by atoms with Crippen LogP contribution >= 0.6 is 11.3 Å². The van der Waals surface area contributed by atoms with E-state index in [1.807, 2.05) is 18.4 Å². The lowest BCUT2D eigenvalue weighted by molar-refractivity contribution is 0.135. The average molecular weight is 210 g/mol. The summed E-state index contributed by atoms with van der Waals surface area (Å²) in [6.07, 6.45) is 0. The van der Waals surface area contributed by atoms with E-state index in [0.717, 1.165) is 15.6 Å². The first-order chi connectivity index (χ1) is 6.83. The fourth-order valence-electron chi connectivity index (χ4n) is 1.40. The van der Waals surface area contributed by atoms with Crippen molar-refractivity contribution in [3.05, 3.63) is 35.0 Å². The van der Waals surface area contributed by atoms with Gasteiger partial charge in [-0.15, -0.1) is 11.3 Å². The monoisotopic (exact) mass is 210 g/mol. The molecule has 0 bridgehead atoms. The van der Waals surface area contributed by atoms with Gasteiger partial charge in [-0.05, 0) is 23.9 Å². The Morgan fingerprint density at radius 2 is 2.29 bits per heavy atom. The molecule has 0 aliphatic heterocycles. The molecular weight excluding hydrogens is 199 g/mol. The molecule has 0 atom stereocenters. The number of thiophene rings is 1. The van der Waals surface area contributed by atoms with Gasteiger partial charge in [0.05, 0.1) is 11.3 Å². The minimum atomic E-state index is -0.143. The average Bonchev–Trinajstić information content (AvgIpc) is 2.60. The van der Waals surface area contributed by atoms with Crippen molar-refractivity contribution in [2.75, 3.05) is 6.61 Å². The van der Waals surface area contributed by atoms with Crippen LogP contribution in [0.5, 0.6) is 0 Å². The summed E-state index contributed by atoms with van der Waals surface area (Å²) >= 11 is 1.44. The van der Waals surface area contributed by atoms with Gasteiger partial charge in [0, 0.05) is 12.0 Å². The summed E-state index contributed by atoms with van der Waals surface area (Å²) in [5, 5.41) is 2.94. The van der Waals surface area contributed by atoms with Crippen molar-refractivity contribution >= 4 is 21.4 Å². The standard InChI is InChI=1S/C11H11FOS/c1-2-13-6-8-7-14-11-9(8)4-3-5-10(11)12/h3-5,7H,2,6H2,1H3. The molecule has 1 aromatic carbocycles. The number of hydrogen-bond donors (Lipinski definition) is 0. The topological polar surface area (TPSA) is 9.23 Å². The Morgan fingerprint density at radius 3 is 3.07 bits per heavy atom. The Labute approximate surface area is 86.1 Å². The van der Waals surface area contributed by atoms with Crippen molar-refractivity contribution < 1.29 is 9.13 Å². The van der Waals surface area contributed by atoms with Crippen molar-refractivity contribution in [1.29, 1.82) is 0 Å². The van der Waals surface area contributed by atoms with Crippen molar-refractivity contribution in [3.8, 4) is 0 Å². The molecule has 3 heteroatoms. The van der Waals surface area contributed by atoms with Gasteiger partial charge < -0.3 is 4.74 Å². The maximum absolute atomic E-state index is 13.3. The maximum Gasteiger partial charge on any atom is 0.140 e. The number of ether oxygens (including phenoxy) is 1. The zero-order valence-electron chi connectivity index (χ0n) is 7.92. The molecule has 0 aliphatic rings. The van der Waals surface area contributed by atoms with Crippen LogP contribution in [0.4, 0.5) is 4.39 Å². The summed E-state index contributed by atoms with van der Waals surface area (Å²) < 4.78 is 19.3. The van der Waals surface area contributed by atoms with E-state index in [-0.39, 0.29) is 5.82 Å². The molecule has 2 aromatic rings. The van der Waals surface area contributed by atoms with Crippen LogP contribution < -0.4 is 0 Å². The molecule has 74 valence electrons. The number of rotatable bonds is 3. The lowest BCUT2D eigenvalue weighted by atomic mass is 10.2. The normalized spacial score (nSPS) is 11.0. The Morgan fingerprint density at radius 1 is 1.43 bits per heavy atom. The first kappa shape index (κ1) is 9.62. The quantitative estimate of drug-likeness (QED) is 0.752. The summed E-state index contributed by atoms with van der Waals surface area (Å²) in [4.78, 5) is 0. The minimum Gasteiger partial charge on any atom is -0.377 e. The highest BCUT2D eigenvalue weighted by molar-refractivity contribution is 7.17. The Bertz CT molecular complexity index is 436. The highest BCUT2D eigenvalue weighted by Crippen LogP contribution is 2.28. The van der Waals surface area contributed by atoms with Gasteiger partial charge in [0.25, 0.3) is 0 Å². The summed E-state index contributed by atoms with van der Waals surface area (Å²) in [7, 11) is 0. The lowest BCUT2D eigenvalue weighted by Gasteiger charge is -1.99. The van der Waals surface area contributed by atoms with Gasteiger partial charge in [-0.2, -0.15) is 0 Å². The molecule has 0 unspecified atom stereocenters. The van der Waals surface area contributed by atoms with E-state index in [0.29, 0.717) is 13.2 Å². The van der Waals surface area contributed by atoms with E-state index in [1.165, 1.54) is 17.4 Å². The second kappa shape index (κ2) is 4.07. The van der Waals surface area contributed by atoms with E-state index >= 15 is 0 Å². The van der Waals surface area contributed by atoms with Gasteiger partial charge >= 0.3 is 0 Å². The van der Waals surface area contributed by atoms with Gasteiger partial charge in [0.1, 0.15) is 5.82 Å². The molecule has 14 heavy (non-hydrogen) atoms. The van der Waals surface area contributed by atoms with Crippen molar-refractivity contribution in [2.45, 2.75) is 13.5 Å². The van der Waals surface area contributed by atoms with Gasteiger partial charge in [-0.25, -0.2) is 4.39 Å². The van der Waals surface area contributed by atoms with E-state index in [9.17, 15) is 4.39 Å². The minimum absolute atomic E-state index is 0.143. The SMILES string of the molecule is CCOCc1csc2c(F)cccc12. The van der Waals surface area contributed by atoms with Crippen LogP contribution in [-0.4, -0.2) is 6.61 Å². The number of benzene rings is 1. The van der Waals surface area contributed by atoms with Crippen molar-refractivity contribution in [1.82, 2.24) is 0 Å². The van der Waals surface area contributed by atoms with Crippen LogP contribution in [-0.2, 0) is 11.3 Å². The molecule has 0 amide bonds. The molecule has 0 saturated heterocycles. The molecule has 1 nitrogen and oxygen atoms in total. The predicted octanol–water partition coefficient (Wildman–Crippen LogP) is 3.58. The van der Waals surface area contributed by atoms with E-state index in [4.69, 9.17) is 4.74 Å². The summed E-state index contributed by atoms with van der Waals surface area (Å²) in [5.74, 6) is -0.143. The van der Waals surface area contributed by atoms with Crippen molar-refractivity contribution in [2.24, 2.45) is 0 Å². The fourth-order valence-corrected chi connectivity index (χ4v) is 2.36. The van der Waals surface area contributed by atoms with Gasteiger partial charge in [0.15, 0.2) is 0 Å². The highest BCUT2D eigenvalue weighted by Gasteiger charge is 2.06. The second-order valence-electron chi connectivity index (χ2n) is 3.01. The van der Waals surface area contributed by atoms with Crippen LogP contribution in [0.3, 0.4) is 0 Å². The van der Waals surface area contributed by atoms with Gasteiger partial charge in [-0.3, -0.25) is 0 Å². The van der Waals surface area contributed by atoms with E-state index in [2.05, 4.69) is 0 Å². The van der Waals surface area contributed by atoms with Crippen molar-refractivity contribution in [3.63, 3.8) is 0 Å².